The summed E-state index contributed by atoms with van der Waals surface area (Å²) in [5, 5.41) is 17.9. The van der Waals surface area contributed by atoms with E-state index < -0.39 is 29.3 Å². The second kappa shape index (κ2) is 8.63. The molecule has 0 radical (unpaired) electrons. The molecule has 5 atom stereocenters. The number of halogens is 3. The second-order valence-corrected chi connectivity index (χ2v) is 10.4. The monoisotopic (exact) mass is 530 g/mol. The summed E-state index contributed by atoms with van der Waals surface area (Å²) in [6.45, 7) is 1.64. The Labute approximate surface area is 215 Å². The van der Waals surface area contributed by atoms with Crippen LogP contribution in [0.3, 0.4) is 0 Å². The minimum absolute atomic E-state index is 0.0536. The van der Waals surface area contributed by atoms with Crippen molar-refractivity contribution in [1.29, 1.82) is 0 Å². The van der Waals surface area contributed by atoms with Crippen molar-refractivity contribution in [2.75, 3.05) is 0 Å². The fourth-order valence-corrected chi connectivity index (χ4v) is 6.37. The highest BCUT2D eigenvalue weighted by Gasteiger charge is 2.72. The SMILES string of the molecule is Cc1nc(-c2nnn(C)c2COc2nccc(C(F)(F)F)n2)ccc1OC1CC2CC3CC3(C(=O)O)C2C1. The van der Waals surface area contributed by atoms with Gasteiger partial charge in [-0.05, 0) is 68.6 Å². The van der Waals surface area contributed by atoms with Crippen molar-refractivity contribution in [2.24, 2.45) is 30.2 Å². The maximum atomic E-state index is 12.9. The standard InChI is InChI=1S/C25H25F3N6O4/c1-12-19(38-15-8-13-7-14-10-24(14,22(35)36)16(13)9-15)4-3-17(30-12)21-18(34(2)33-32-21)11-37-23-29-6-5-20(31-23)25(26,27)28/h3-6,13-16H,7-11H2,1-2H3,(H,35,36). The minimum Gasteiger partial charge on any atom is -0.489 e. The Bertz CT molecular complexity index is 1410. The fourth-order valence-electron chi connectivity index (χ4n) is 6.37. The summed E-state index contributed by atoms with van der Waals surface area (Å²) in [5.74, 6) is 0.843. The average Bonchev–Trinajstić information content (AvgIpc) is 3.10. The van der Waals surface area contributed by atoms with E-state index in [9.17, 15) is 23.1 Å². The van der Waals surface area contributed by atoms with Gasteiger partial charge in [0.2, 0.25) is 0 Å². The zero-order chi connectivity index (χ0) is 26.8. The first kappa shape index (κ1) is 24.6. The average molecular weight is 531 g/mol. The van der Waals surface area contributed by atoms with Crippen LogP contribution in [0.25, 0.3) is 11.4 Å². The normalized spacial score (nSPS) is 27.6. The van der Waals surface area contributed by atoms with Crippen molar-refractivity contribution in [3.05, 3.63) is 41.5 Å². The van der Waals surface area contributed by atoms with Gasteiger partial charge in [0.25, 0.3) is 0 Å². The van der Waals surface area contributed by atoms with Gasteiger partial charge in [0.1, 0.15) is 23.7 Å². The Kier molecular flexibility index (Phi) is 5.58. The smallest absolute Gasteiger partial charge is 0.433 e. The number of aryl methyl sites for hydroxylation is 2. The quantitative estimate of drug-likeness (QED) is 0.485. The lowest BCUT2D eigenvalue weighted by Gasteiger charge is -2.19. The van der Waals surface area contributed by atoms with Crippen LogP contribution in [0.1, 0.15) is 42.8 Å². The van der Waals surface area contributed by atoms with E-state index in [-0.39, 0.29) is 18.6 Å². The number of aliphatic carboxylic acids is 1. The van der Waals surface area contributed by atoms with E-state index in [0.29, 0.717) is 40.4 Å². The van der Waals surface area contributed by atoms with Crippen LogP contribution in [0.4, 0.5) is 13.2 Å². The van der Waals surface area contributed by atoms with Gasteiger partial charge in [-0.2, -0.15) is 18.2 Å². The third-order valence-electron chi connectivity index (χ3n) is 8.23. The maximum absolute atomic E-state index is 12.9. The molecule has 0 bridgehead atoms. The number of rotatable bonds is 7. The van der Waals surface area contributed by atoms with E-state index >= 15 is 0 Å². The molecule has 3 aliphatic carbocycles. The third-order valence-corrected chi connectivity index (χ3v) is 8.23. The van der Waals surface area contributed by atoms with E-state index in [1.54, 1.807) is 19.2 Å². The lowest BCUT2D eigenvalue weighted by molar-refractivity contribution is -0.146. The van der Waals surface area contributed by atoms with Crippen molar-refractivity contribution in [3.63, 3.8) is 0 Å². The van der Waals surface area contributed by atoms with E-state index in [4.69, 9.17) is 9.47 Å². The van der Waals surface area contributed by atoms with Crippen LogP contribution in [0, 0.1) is 30.1 Å². The highest BCUT2D eigenvalue weighted by molar-refractivity contribution is 5.80. The van der Waals surface area contributed by atoms with Gasteiger partial charge >= 0.3 is 18.2 Å². The van der Waals surface area contributed by atoms with Crippen LogP contribution in [0.2, 0.25) is 0 Å². The highest BCUT2D eigenvalue weighted by Crippen LogP contribution is 2.72. The first-order chi connectivity index (χ1) is 18.1. The molecule has 0 saturated heterocycles. The molecule has 0 aliphatic heterocycles. The number of pyridine rings is 1. The predicted molar refractivity (Wildman–Crippen MR) is 124 cm³/mol. The van der Waals surface area contributed by atoms with Crippen LogP contribution in [-0.4, -0.2) is 47.1 Å². The molecule has 1 N–H and O–H groups in total. The molecular weight excluding hydrogens is 505 g/mol. The lowest BCUT2D eigenvalue weighted by Crippen LogP contribution is -2.25. The van der Waals surface area contributed by atoms with Gasteiger partial charge in [-0.15, -0.1) is 5.10 Å². The predicted octanol–water partition coefficient (Wildman–Crippen LogP) is 3.84. The van der Waals surface area contributed by atoms with Crippen molar-refractivity contribution in [1.82, 2.24) is 29.9 Å². The van der Waals surface area contributed by atoms with Gasteiger partial charge < -0.3 is 14.6 Å². The van der Waals surface area contributed by atoms with Crippen molar-refractivity contribution in [3.8, 4) is 23.1 Å². The lowest BCUT2D eigenvalue weighted by atomic mass is 9.86. The Morgan fingerprint density at radius 3 is 2.76 bits per heavy atom. The van der Waals surface area contributed by atoms with Gasteiger partial charge in [0.05, 0.1) is 22.9 Å². The molecular formula is C25H25F3N6O4. The van der Waals surface area contributed by atoms with Crippen LogP contribution >= 0.6 is 0 Å². The van der Waals surface area contributed by atoms with Gasteiger partial charge in [-0.25, -0.2) is 14.6 Å². The molecule has 3 aromatic heterocycles. The Morgan fingerprint density at radius 1 is 1.21 bits per heavy atom. The Hall–Kier alpha value is -3.77. The largest absolute Gasteiger partial charge is 0.489 e. The molecule has 3 heterocycles. The zero-order valence-corrected chi connectivity index (χ0v) is 20.6. The summed E-state index contributed by atoms with van der Waals surface area (Å²) in [6, 6.07) is 3.89. The van der Waals surface area contributed by atoms with Crippen molar-refractivity contribution < 1.29 is 32.5 Å². The number of fused-ring (bicyclic) bond motifs is 3. The first-order valence-corrected chi connectivity index (χ1v) is 12.4. The Balaban J connectivity index is 1.15. The molecule has 0 spiro atoms. The third kappa shape index (κ3) is 4.04. The Morgan fingerprint density at radius 2 is 2.03 bits per heavy atom. The molecule has 200 valence electrons. The van der Waals surface area contributed by atoms with Gasteiger partial charge in [-0.1, -0.05) is 5.21 Å². The molecule has 3 fully saturated rings. The van der Waals surface area contributed by atoms with Gasteiger partial charge in [0.15, 0.2) is 5.69 Å². The molecule has 6 rings (SSSR count). The topological polar surface area (TPSA) is 125 Å². The van der Waals surface area contributed by atoms with Crippen LogP contribution in [-0.2, 0) is 24.6 Å². The maximum Gasteiger partial charge on any atom is 0.433 e. The summed E-state index contributed by atoms with van der Waals surface area (Å²) in [7, 11) is 1.64. The number of nitrogens with zero attached hydrogens (tertiary/aromatic N) is 6. The molecule has 38 heavy (non-hydrogen) atoms. The fraction of sp³-hybridized carbons (Fsp3) is 0.520. The number of carboxylic acid groups (broad SMARTS) is 1. The van der Waals surface area contributed by atoms with Crippen molar-refractivity contribution >= 4 is 5.97 Å². The van der Waals surface area contributed by atoms with Gasteiger partial charge in [0, 0.05) is 13.2 Å². The molecule has 13 heteroatoms. The number of hydrogen-bond acceptors (Lipinski definition) is 8. The molecule has 10 nitrogen and oxygen atoms in total. The minimum atomic E-state index is -4.61. The number of carbonyl (C=O) groups is 1. The highest BCUT2D eigenvalue weighted by atomic mass is 19.4. The van der Waals surface area contributed by atoms with E-state index in [0.717, 1.165) is 37.9 Å². The van der Waals surface area contributed by atoms with E-state index in [1.165, 1.54) is 4.68 Å². The molecule has 3 saturated carbocycles. The number of hydrogen-bond donors (Lipinski definition) is 1. The summed E-state index contributed by atoms with van der Waals surface area (Å²) in [6.07, 6.45) is -0.341. The van der Waals surface area contributed by atoms with Crippen LogP contribution in [0.5, 0.6) is 11.8 Å². The number of carboxylic acids is 1. The molecule has 0 aromatic carbocycles. The van der Waals surface area contributed by atoms with Gasteiger partial charge in [-0.3, -0.25) is 4.79 Å². The zero-order valence-electron chi connectivity index (χ0n) is 20.6. The van der Waals surface area contributed by atoms with Crippen LogP contribution < -0.4 is 9.47 Å². The molecule has 3 aliphatic rings. The second-order valence-electron chi connectivity index (χ2n) is 10.4. The molecule has 0 amide bonds. The van der Waals surface area contributed by atoms with Crippen LogP contribution in [0.15, 0.2) is 24.4 Å². The summed E-state index contributed by atoms with van der Waals surface area (Å²) >= 11 is 0. The number of alkyl halides is 3. The van der Waals surface area contributed by atoms with E-state index in [1.807, 2.05) is 6.92 Å². The number of aromatic nitrogens is 6. The summed E-state index contributed by atoms with van der Waals surface area (Å²) in [4.78, 5) is 23.7. The van der Waals surface area contributed by atoms with Crippen molar-refractivity contribution in [2.45, 2.75) is 51.5 Å². The summed E-state index contributed by atoms with van der Waals surface area (Å²) in [5.41, 5.74) is 0.389. The summed E-state index contributed by atoms with van der Waals surface area (Å²) < 4.78 is 52.0. The molecule has 5 unspecified atom stereocenters. The number of ether oxygens (including phenoxy) is 2. The van der Waals surface area contributed by atoms with E-state index in [2.05, 4.69) is 25.3 Å². The first-order valence-electron chi connectivity index (χ1n) is 12.4. The molecule has 3 aromatic rings.